The van der Waals surface area contributed by atoms with Crippen LogP contribution in [-0.2, 0) is 0 Å². The average Bonchev–Trinajstić information content (AvgIpc) is 3.08. The summed E-state index contributed by atoms with van der Waals surface area (Å²) >= 11 is 4.64. The van der Waals surface area contributed by atoms with E-state index in [-0.39, 0.29) is 5.91 Å². The van der Waals surface area contributed by atoms with Gasteiger partial charge < -0.3 is 4.74 Å². The Labute approximate surface area is 147 Å². The fraction of sp³-hybridized carbons (Fsp3) is 0.250. The van der Waals surface area contributed by atoms with E-state index in [9.17, 15) is 9.59 Å². The molecular formula is C16H17BrN2O3S. The standard InChI is InChI=1S/C16H17BrN2O3S/c1-2-3-8-22-13-7-6-11(17)10-12(13)15(20)18-19-16(21)14-5-4-9-23-14/h4-7,9-10H,2-3,8H2,1H3,(H,18,20)(H,19,21). The molecule has 2 amide bonds. The van der Waals surface area contributed by atoms with Gasteiger partial charge in [0.05, 0.1) is 17.0 Å². The molecule has 2 aromatic rings. The van der Waals surface area contributed by atoms with Crippen molar-refractivity contribution in [3.05, 3.63) is 50.6 Å². The van der Waals surface area contributed by atoms with Gasteiger partial charge in [-0.3, -0.25) is 20.4 Å². The summed E-state index contributed by atoms with van der Waals surface area (Å²) in [6.07, 6.45) is 1.92. The molecule has 0 saturated carbocycles. The largest absolute Gasteiger partial charge is 0.493 e. The van der Waals surface area contributed by atoms with Crippen LogP contribution in [0.2, 0.25) is 0 Å². The van der Waals surface area contributed by atoms with E-state index in [1.54, 1.807) is 29.6 Å². The fourth-order valence-electron chi connectivity index (χ4n) is 1.78. The van der Waals surface area contributed by atoms with Crippen molar-refractivity contribution in [2.75, 3.05) is 6.61 Å². The highest BCUT2D eigenvalue weighted by atomic mass is 79.9. The Kier molecular flexibility index (Phi) is 6.61. The van der Waals surface area contributed by atoms with E-state index in [1.807, 2.05) is 6.07 Å². The first kappa shape index (κ1) is 17.5. The number of nitrogens with one attached hydrogen (secondary N) is 2. The third kappa shape index (κ3) is 5.07. The monoisotopic (exact) mass is 396 g/mol. The zero-order valence-electron chi connectivity index (χ0n) is 12.6. The normalized spacial score (nSPS) is 10.2. The predicted octanol–water partition coefficient (Wildman–Crippen LogP) is 3.76. The summed E-state index contributed by atoms with van der Waals surface area (Å²) in [5.74, 6) is -0.288. The summed E-state index contributed by atoms with van der Waals surface area (Å²) in [5.41, 5.74) is 5.17. The maximum absolute atomic E-state index is 12.3. The van der Waals surface area contributed by atoms with Crippen molar-refractivity contribution in [2.24, 2.45) is 0 Å². The van der Waals surface area contributed by atoms with Crippen molar-refractivity contribution in [2.45, 2.75) is 19.8 Å². The van der Waals surface area contributed by atoms with E-state index < -0.39 is 5.91 Å². The molecule has 2 N–H and O–H groups in total. The SMILES string of the molecule is CCCCOc1ccc(Br)cc1C(=O)NNC(=O)c1cccs1. The lowest BCUT2D eigenvalue weighted by molar-refractivity contribution is 0.0846. The van der Waals surface area contributed by atoms with Gasteiger partial charge in [0, 0.05) is 4.47 Å². The van der Waals surface area contributed by atoms with Crippen LogP contribution >= 0.6 is 27.3 Å². The van der Waals surface area contributed by atoms with Crippen molar-refractivity contribution in [3.8, 4) is 5.75 Å². The highest BCUT2D eigenvalue weighted by molar-refractivity contribution is 9.10. The zero-order valence-corrected chi connectivity index (χ0v) is 15.0. The lowest BCUT2D eigenvalue weighted by Gasteiger charge is -2.12. The van der Waals surface area contributed by atoms with Crippen LogP contribution in [0.4, 0.5) is 0 Å². The molecule has 0 radical (unpaired) electrons. The van der Waals surface area contributed by atoms with Crippen LogP contribution in [0.15, 0.2) is 40.2 Å². The Bertz CT molecular complexity index is 674. The molecule has 0 atom stereocenters. The molecule has 0 unspecified atom stereocenters. The summed E-state index contributed by atoms with van der Waals surface area (Å²) in [4.78, 5) is 24.7. The van der Waals surface area contributed by atoms with E-state index >= 15 is 0 Å². The first-order valence-corrected chi connectivity index (χ1v) is 8.85. The maximum atomic E-state index is 12.3. The van der Waals surface area contributed by atoms with Crippen molar-refractivity contribution < 1.29 is 14.3 Å². The number of unbranched alkanes of at least 4 members (excludes halogenated alkanes) is 1. The molecule has 2 rings (SSSR count). The molecule has 0 aliphatic carbocycles. The number of thiophene rings is 1. The summed E-state index contributed by atoms with van der Waals surface area (Å²) in [5, 5.41) is 1.80. The number of hydrogen-bond donors (Lipinski definition) is 2. The van der Waals surface area contributed by atoms with Gasteiger partial charge in [0.15, 0.2) is 0 Å². The van der Waals surface area contributed by atoms with Crippen molar-refractivity contribution in [1.82, 2.24) is 10.9 Å². The summed E-state index contributed by atoms with van der Waals surface area (Å²) in [7, 11) is 0. The smallest absolute Gasteiger partial charge is 0.279 e. The summed E-state index contributed by atoms with van der Waals surface area (Å²) in [6, 6.07) is 8.66. The number of halogens is 1. The number of rotatable bonds is 6. The first-order chi connectivity index (χ1) is 11.1. The summed E-state index contributed by atoms with van der Waals surface area (Å²) in [6.45, 7) is 2.61. The minimum Gasteiger partial charge on any atom is -0.493 e. The third-order valence-electron chi connectivity index (χ3n) is 2.98. The second-order valence-electron chi connectivity index (χ2n) is 4.73. The molecule has 23 heavy (non-hydrogen) atoms. The van der Waals surface area contributed by atoms with E-state index in [2.05, 4.69) is 33.7 Å². The quantitative estimate of drug-likeness (QED) is 0.576. The molecule has 0 saturated heterocycles. The number of amides is 2. The van der Waals surface area contributed by atoms with Gasteiger partial charge in [-0.25, -0.2) is 0 Å². The van der Waals surface area contributed by atoms with Gasteiger partial charge in [-0.15, -0.1) is 11.3 Å². The van der Waals surface area contributed by atoms with Gasteiger partial charge in [-0.2, -0.15) is 0 Å². The first-order valence-electron chi connectivity index (χ1n) is 7.18. The lowest BCUT2D eigenvalue weighted by Crippen LogP contribution is -2.41. The van der Waals surface area contributed by atoms with Gasteiger partial charge in [0.25, 0.3) is 11.8 Å². The van der Waals surface area contributed by atoms with Gasteiger partial charge in [0.2, 0.25) is 0 Å². The average molecular weight is 397 g/mol. The topological polar surface area (TPSA) is 67.4 Å². The van der Waals surface area contributed by atoms with Crippen LogP contribution in [-0.4, -0.2) is 18.4 Å². The number of hydrogen-bond acceptors (Lipinski definition) is 4. The molecular weight excluding hydrogens is 380 g/mol. The molecule has 1 aromatic heterocycles. The number of hydrazine groups is 1. The molecule has 1 aromatic carbocycles. The van der Waals surface area contributed by atoms with E-state index in [4.69, 9.17) is 4.74 Å². The van der Waals surface area contributed by atoms with Crippen molar-refractivity contribution >= 4 is 39.1 Å². The second-order valence-corrected chi connectivity index (χ2v) is 6.59. The maximum Gasteiger partial charge on any atom is 0.279 e. The number of carbonyl (C=O) groups excluding carboxylic acids is 2. The molecule has 0 aliphatic rings. The number of ether oxygens (including phenoxy) is 1. The highest BCUT2D eigenvalue weighted by Gasteiger charge is 2.15. The molecule has 5 nitrogen and oxygen atoms in total. The van der Waals surface area contributed by atoms with E-state index in [0.29, 0.717) is 22.8 Å². The van der Waals surface area contributed by atoms with E-state index in [0.717, 1.165) is 17.3 Å². The van der Waals surface area contributed by atoms with Gasteiger partial charge >= 0.3 is 0 Å². The minimum absolute atomic E-state index is 0.350. The Balaban J connectivity index is 2.02. The molecule has 122 valence electrons. The molecule has 0 aliphatic heterocycles. The Morgan fingerprint density at radius 2 is 2.00 bits per heavy atom. The van der Waals surface area contributed by atoms with Gasteiger partial charge in [-0.1, -0.05) is 35.3 Å². The van der Waals surface area contributed by atoms with E-state index in [1.165, 1.54) is 11.3 Å². The molecule has 7 heteroatoms. The fourth-order valence-corrected chi connectivity index (χ4v) is 2.76. The lowest BCUT2D eigenvalue weighted by atomic mass is 10.2. The van der Waals surface area contributed by atoms with Crippen LogP contribution in [0.5, 0.6) is 5.75 Å². The Hall–Kier alpha value is -1.86. The highest BCUT2D eigenvalue weighted by Crippen LogP contribution is 2.23. The van der Waals surface area contributed by atoms with Crippen molar-refractivity contribution in [1.29, 1.82) is 0 Å². The summed E-state index contributed by atoms with van der Waals surface area (Å²) < 4.78 is 6.40. The van der Waals surface area contributed by atoms with Gasteiger partial charge in [0.1, 0.15) is 5.75 Å². The van der Waals surface area contributed by atoms with Crippen LogP contribution in [0, 0.1) is 0 Å². The third-order valence-corrected chi connectivity index (χ3v) is 4.34. The van der Waals surface area contributed by atoms with Gasteiger partial charge in [-0.05, 0) is 36.1 Å². The van der Waals surface area contributed by atoms with Crippen molar-refractivity contribution in [3.63, 3.8) is 0 Å². The van der Waals surface area contributed by atoms with Crippen LogP contribution in [0.25, 0.3) is 0 Å². The molecule has 0 bridgehead atoms. The second kappa shape index (κ2) is 8.69. The number of benzene rings is 1. The Morgan fingerprint density at radius 3 is 2.70 bits per heavy atom. The predicted molar refractivity (Wildman–Crippen MR) is 93.8 cm³/mol. The number of carbonyl (C=O) groups is 2. The minimum atomic E-state index is -0.428. The zero-order chi connectivity index (χ0) is 16.7. The molecule has 1 heterocycles. The van der Waals surface area contributed by atoms with Crippen LogP contribution in [0.3, 0.4) is 0 Å². The van der Waals surface area contributed by atoms with Crippen LogP contribution in [0.1, 0.15) is 39.8 Å². The molecule has 0 fully saturated rings. The molecule has 0 spiro atoms. The van der Waals surface area contributed by atoms with Crippen LogP contribution < -0.4 is 15.6 Å². The Morgan fingerprint density at radius 1 is 1.22 bits per heavy atom.